The molecule has 1 saturated carbocycles. The monoisotopic (exact) mass is 440 g/mol. The topological polar surface area (TPSA) is 66.5 Å². The third kappa shape index (κ3) is 3.13. The zero-order valence-corrected chi connectivity index (χ0v) is 17.4. The molecule has 0 spiro atoms. The van der Waals surface area contributed by atoms with Crippen molar-refractivity contribution < 1.29 is 14.4 Å². The zero-order valence-electron chi connectivity index (χ0n) is 15.8. The highest BCUT2D eigenvalue weighted by Crippen LogP contribution is 2.53. The van der Waals surface area contributed by atoms with Crippen molar-refractivity contribution in [2.45, 2.75) is 12.8 Å². The lowest BCUT2D eigenvalue weighted by Crippen LogP contribution is -2.32. The number of nitrogens with one attached hydrogen (secondary N) is 1. The summed E-state index contributed by atoms with van der Waals surface area (Å²) < 4.78 is 0. The molecule has 5 nitrogen and oxygen atoms in total. The summed E-state index contributed by atoms with van der Waals surface area (Å²) in [5, 5.41) is 3.62. The Morgan fingerprint density at radius 3 is 2.20 bits per heavy atom. The standard InChI is InChI=1S/C23H18Cl2N2O3/c24-15-5-8-18(17(25)11-15)26-19(28)9-12-1-6-16(7-2-12)27-22(29)20-13-3-4-14(10-13)21(20)23(27)30/h1-8,11,13-14,20-21H,9-10H2,(H,26,28). The smallest absolute Gasteiger partial charge is 0.238 e. The predicted octanol–water partition coefficient (Wildman–Crippen LogP) is 4.49. The molecule has 0 radical (unpaired) electrons. The van der Waals surface area contributed by atoms with Gasteiger partial charge in [0.2, 0.25) is 17.7 Å². The Labute approximate surface area is 183 Å². The minimum Gasteiger partial charge on any atom is -0.324 e. The number of nitrogens with zero attached hydrogens (tertiary/aromatic N) is 1. The lowest BCUT2D eigenvalue weighted by atomic mass is 9.85. The van der Waals surface area contributed by atoms with Crippen LogP contribution >= 0.6 is 23.2 Å². The SMILES string of the molecule is O=C(Cc1ccc(N2C(=O)C3C4C=CC(C4)C3C2=O)cc1)Nc1ccc(Cl)cc1Cl. The van der Waals surface area contributed by atoms with E-state index in [4.69, 9.17) is 23.2 Å². The van der Waals surface area contributed by atoms with Crippen molar-refractivity contribution >= 4 is 52.3 Å². The zero-order chi connectivity index (χ0) is 21.0. The number of amides is 3. The molecule has 0 aromatic heterocycles. The number of rotatable bonds is 4. The first-order valence-corrected chi connectivity index (χ1v) is 10.6. The van der Waals surface area contributed by atoms with Gasteiger partial charge in [0.1, 0.15) is 0 Å². The third-order valence-electron chi connectivity index (χ3n) is 6.23. The molecule has 3 aliphatic rings. The largest absolute Gasteiger partial charge is 0.324 e. The number of hydrogen-bond acceptors (Lipinski definition) is 3. The van der Waals surface area contributed by atoms with Crippen molar-refractivity contribution in [2.75, 3.05) is 10.2 Å². The van der Waals surface area contributed by atoms with Gasteiger partial charge in [-0.3, -0.25) is 19.3 Å². The minimum absolute atomic E-state index is 0.107. The summed E-state index contributed by atoms with van der Waals surface area (Å²) in [5.74, 6) is -0.510. The Bertz CT molecular complexity index is 1070. The summed E-state index contributed by atoms with van der Waals surface area (Å²) in [6.07, 6.45) is 5.21. The van der Waals surface area contributed by atoms with Gasteiger partial charge < -0.3 is 5.32 Å². The maximum absolute atomic E-state index is 12.9. The second-order valence-electron chi connectivity index (χ2n) is 8.03. The molecule has 152 valence electrons. The molecule has 2 aliphatic carbocycles. The second kappa shape index (κ2) is 7.25. The Hall–Kier alpha value is -2.63. The molecule has 4 unspecified atom stereocenters. The molecule has 4 atom stereocenters. The van der Waals surface area contributed by atoms with E-state index in [1.54, 1.807) is 42.5 Å². The fraction of sp³-hybridized carbons (Fsp3) is 0.261. The molecule has 2 fully saturated rings. The van der Waals surface area contributed by atoms with Crippen LogP contribution < -0.4 is 10.2 Å². The van der Waals surface area contributed by atoms with E-state index in [1.165, 1.54) is 4.90 Å². The third-order valence-corrected chi connectivity index (χ3v) is 6.78. The van der Waals surface area contributed by atoms with E-state index in [1.807, 2.05) is 0 Å². The van der Waals surface area contributed by atoms with E-state index >= 15 is 0 Å². The van der Waals surface area contributed by atoms with E-state index in [0.717, 1.165) is 12.0 Å². The quantitative estimate of drug-likeness (QED) is 0.562. The molecule has 1 heterocycles. The fourth-order valence-corrected chi connectivity index (χ4v) is 5.35. The van der Waals surface area contributed by atoms with Crippen LogP contribution in [0.1, 0.15) is 12.0 Å². The van der Waals surface area contributed by atoms with Gasteiger partial charge in [0, 0.05) is 5.02 Å². The van der Waals surface area contributed by atoms with Crippen LogP contribution in [0.4, 0.5) is 11.4 Å². The Morgan fingerprint density at radius 2 is 1.60 bits per heavy atom. The average Bonchev–Trinajstić information content (AvgIpc) is 3.39. The van der Waals surface area contributed by atoms with Crippen molar-refractivity contribution in [3.8, 4) is 0 Å². The van der Waals surface area contributed by atoms with Crippen molar-refractivity contribution in [3.63, 3.8) is 0 Å². The summed E-state index contributed by atoms with van der Waals surface area (Å²) in [5.41, 5.74) is 1.82. The van der Waals surface area contributed by atoms with Gasteiger partial charge in [0.15, 0.2) is 0 Å². The highest BCUT2D eigenvalue weighted by Gasteiger charge is 2.59. The number of carbonyl (C=O) groups is 3. The normalized spacial score (nSPS) is 26.4. The van der Waals surface area contributed by atoms with E-state index in [9.17, 15) is 14.4 Å². The maximum Gasteiger partial charge on any atom is 0.238 e. The number of benzene rings is 2. The number of imide groups is 1. The van der Waals surface area contributed by atoms with Crippen molar-refractivity contribution in [3.05, 3.63) is 70.2 Å². The van der Waals surface area contributed by atoms with Crippen LogP contribution in [0, 0.1) is 23.7 Å². The van der Waals surface area contributed by atoms with Crippen molar-refractivity contribution in [1.29, 1.82) is 0 Å². The lowest BCUT2D eigenvalue weighted by Gasteiger charge is -2.17. The number of anilines is 2. The number of fused-ring (bicyclic) bond motifs is 5. The predicted molar refractivity (Wildman–Crippen MR) is 115 cm³/mol. The summed E-state index contributed by atoms with van der Waals surface area (Å²) in [6, 6.07) is 11.8. The van der Waals surface area contributed by atoms with Crippen LogP contribution in [0.3, 0.4) is 0 Å². The first-order valence-electron chi connectivity index (χ1n) is 9.82. The molecule has 2 bridgehead atoms. The summed E-state index contributed by atoms with van der Waals surface area (Å²) in [7, 11) is 0. The first-order chi connectivity index (χ1) is 14.4. The fourth-order valence-electron chi connectivity index (χ4n) is 4.89. The van der Waals surface area contributed by atoms with Gasteiger partial charge in [-0.25, -0.2) is 0 Å². The molecule has 2 aromatic carbocycles. The van der Waals surface area contributed by atoms with E-state index in [2.05, 4.69) is 17.5 Å². The second-order valence-corrected chi connectivity index (χ2v) is 8.87. The molecule has 1 N–H and O–H groups in total. The minimum atomic E-state index is -0.225. The Balaban J connectivity index is 1.28. The van der Waals surface area contributed by atoms with Gasteiger partial charge in [-0.1, -0.05) is 47.5 Å². The molecular weight excluding hydrogens is 423 g/mol. The van der Waals surface area contributed by atoms with Gasteiger partial charge in [0.05, 0.1) is 34.7 Å². The van der Waals surface area contributed by atoms with Crippen LogP contribution in [0.15, 0.2) is 54.6 Å². The highest BCUT2D eigenvalue weighted by molar-refractivity contribution is 6.36. The van der Waals surface area contributed by atoms with E-state index in [-0.39, 0.29) is 47.8 Å². The molecule has 2 aromatic rings. The number of allylic oxidation sites excluding steroid dienone is 2. The Kier molecular flexibility index (Phi) is 4.68. The van der Waals surface area contributed by atoms with Gasteiger partial charge in [0.25, 0.3) is 0 Å². The molecule has 7 heteroatoms. The molecule has 3 amide bonds. The van der Waals surface area contributed by atoms with Crippen molar-refractivity contribution in [1.82, 2.24) is 0 Å². The molecule has 1 aliphatic heterocycles. The molecule has 30 heavy (non-hydrogen) atoms. The van der Waals surface area contributed by atoms with Gasteiger partial charge in [-0.15, -0.1) is 0 Å². The summed E-state index contributed by atoms with van der Waals surface area (Å²) in [4.78, 5) is 39.5. The summed E-state index contributed by atoms with van der Waals surface area (Å²) in [6.45, 7) is 0. The first kappa shape index (κ1) is 19.3. The van der Waals surface area contributed by atoms with Gasteiger partial charge in [-0.05, 0) is 54.2 Å². The van der Waals surface area contributed by atoms with Crippen LogP contribution in [-0.4, -0.2) is 17.7 Å². The van der Waals surface area contributed by atoms with Crippen molar-refractivity contribution in [2.24, 2.45) is 23.7 Å². The highest BCUT2D eigenvalue weighted by atomic mass is 35.5. The van der Waals surface area contributed by atoms with Crippen LogP contribution in [0.5, 0.6) is 0 Å². The van der Waals surface area contributed by atoms with Gasteiger partial charge >= 0.3 is 0 Å². The molecule has 1 saturated heterocycles. The Morgan fingerprint density at radius 1 is 0.967 bits per heavy atom. The van der Waals surface area contributed by atoms with Crippen LogP contribution in [-0.2, 0) is 20.8 Å². The average molecular weight is 441 g/mol. The lowest BCUT2D eigenvalue weighted by molar-refractivity contribution is -0.123. The van der Waals surface area contributed by atoms with Crippen LogP contribution in [0.25, 0.3) is 0 Å². The van der Waals surface area contributed by atoms with Crippen LogP contribution in [0.2, 0.25) is 10.0 Å². The molecular formula is C23H18Cl2N2O3. The molecule has 5 rings (SSSR count). The maximum atomic E-state index is 12.9. The van der Waals surface area contributed by atoms with Gasteiger partial charge in [-0.2, -0.15) is 0 Å². The number of halogens is 2. The number of carbonyl (C=O) groups excluding carboxylic acids is 3. The summed E-state index contributed by atoms with van der Waals surface area (Å²) >= 11 is 12.0. The number of hydrogen-bond donors (Lipinski definition) is 1. The van der Waals surface area contributed by atoms with E-state index in [0.29, 0.717) is 21.4 Å². The van der Waals surface area contributed by atoms with E-state index < -0.39 is 0 Å².